The van der Waals surface area contributed by atoms with Crippen molar-refractivity contribution < 1.29 is 13.9 Å². The van der Waals surface area contributed by atoms with Gasteiger partial charge in [0.2, 0.25) is 5.91 Å². The second-order valence-corrected chi connectivity index (χ2v) is 6.63. The quantitative estimate of drug-likeness (QED) is 0.745. The molecule has 1 aliphatic carbocycles. The number of ether oxygens (including phenoxy) is 1. The number of methoxy groups -OCH3 is 1. The summed E-state index contributed by atoms with van der Waals surface area (Å²) in [5, 5.41) is 3.77. The van der Waals surface area contributed by atoms with E-state index in [4.69, 9.17) is 4.74 Å². The number of aryl methyl sites for hydroxylation is 1. The zero-order valence-electron chi connectivity index (χ0n) is 14.2. The Balaban J connectivity index is 1.70. The van der Waals surface area contributed by atoms with Gasteiger partial charge in [0, 0.05) is 17.1 Å². The van der Waals surface area contributed by atoms with E-state index in [0.717, 1.165) is 34.9 Å². The van der Waals surface area contributed by atoms with Gasteiger partial charge in [0.05, 0.1) is 18.2 Å². The molecule has 1 heterocycles. The zero-order valence-corrected chi connectivity index (χ0v) is 14.2. The van der Waals surface area contributed by atoms with E-state index in [1.165, 1.54) is 12.1 Å². The number of hydrogen-bond acceptors (Lipinski definition) is 2. The third-order valence-corrected chi connectivity index (χ3v) is 4.95. The van der Waals surface area contributed by atoms with Crippen molar-refractivity contribution in [2.75, 3.05) is 12.4 Å². The van der Waals surface area contributed by atoms with Gasteiger partial charge in [-0.3, -0.25) is 4.79 Å². The van der Waals surface area contributed by atoms with Gasteiger partial charge in [0.1, 0.15) is 11.6 Å². The normalized spacial score (nSPS) is 15.2. The van der Waals surface area contributed by atoms with Crippen LogP contribution in [0.3, 0.4) is 0 Å². The highest BCUT2D eigenvalue weighted by atomic mass is 19.1. The molecular formula is C20H19FN2O2. The van der Waals surface area contributed by atoms with E-state index in [0.29, 0.717) is 11.4 Å². The molecule has 1 aliphatic rings. The average molecular weight is 338 g/mol. The first kappa shape index (κ1) is 15.7. The monoisotopic (exact) mass is 338 g/mol. The topological polar surface area (TPSA) is 54.1 Å². The summed E-state index contributed by atoms with van der Waals surface area (Å²) in [7, 11) is 1.58. The van der Waals surface area contributed by atoms with Crippen LogP contribution in [0.15, 0.2) is 42.6 Å². The third kappa shape index (κ3) is 2.56. The molecular weight excluding hydrogens is 319 g/mol. The summed E-state index contributed by atoms with van der Waals surface area (Å²) in [6, 6.07) is 10.3. The van der Waals surface area contributed by atoms with Crippen molar-refractivity contribution in [3.05, 3.63) is 59.5 Å². The van der Waals surface area contributed by atoms with Crippen molar-refractivity contribution in [3.63, 3.8) is 0 Å². The van der Waals surface area contributed by atoms with Crippen molar-refractivity contribution in [1.29, 1.82) is 0 Å². The minimum atomic E-state index is -0.610. The number of fused-ring (bicyclic) bond motifs is 1. The van der Waals surface area contributed by atoms with E-state index in [1.54, 1.807) is 13.2 Å². The lowest BCUT2D eigenvalue weighted by Gasteiger charge is -2.17. The molecule has 1 aromatic heterocycles. The second-order valence-electron chi connectivity index (χ2n) is 6.63. The van der Waals surface area contributed by atoms with E-state index >= 15 is 0 Å². The molecule has 2 N–H and O–H groups in total. The maximum Gasteiger partial charge on any atom is 0.235 e. The molecule has 1 saturated carbocycles. The van der Waals surface area contributed by atoms with Crippen LogP contribution >= 0.6 is 0 Å². The minimum Gasteiger partial charge on any atom is -0.495 e. The summed E-state index contributed by atoms with van der Waals surface area (Å²) in [5.74, 6) is 0.242. The van der Waals surface area contributed by atoms with E-state index in [9.17, 15) is 9.18 Å². The van der Waals surface area contributed by atoms with Gasteiger partial charge in [-0.25, -0.2) is 4.39 Å². The fourth-order valence-electron chi connectivity index (χ4n) is 3.39. The van der Waals surface area contributed by atoms with Crippen LogP contribution in [-0.2, 0) is 10.2 Å². The molecule has 1 amide bonds. The fraction of sp³-hybridized carbons (Fsp3) is 0.250. The number of rotatable bonds is 4. The summed E-state index contributed by atoms with van der Waals surface area (Å²) in [4.78, 5) is 16.2. The maximum atomic E-state index is 13.7. The molecule has 5 heteroatoms. The molecule has 0 radical (unpaired) electrons. The highest BCUT2D eigenvalue weighted by Crippen LogP contribution is 2.51. The number of benzene rings is 2. The molecule has 4 nitrogen and oxygen atoms in total. The number of halogens is 1. The predicted molar refractivity (Wildman–Crippen MR) is 95.5 cm³/mol. The Kier molecular flexibility index (Phi) is 3.53. The van der Waals surface area contributed by atoms with Gasteiger partial charge >= 0.3 is 0 Å². The Morgan fingerprint density at radius 1 is 1.24 bits per heavy atom. The van der Waals surface area contributed by atoms with Gasteiger partial charge in [-0.15, -0.1) is 0 Å². The van der Waals surface area contributed by atoms with Gasteiger partial charge in [0.15, 0.2) is 0 Å². The smallest absolute Gasteiger partial charge is 0.235 e. The van der Waals surface area contributed by atoms with Crippen LogP contribution in [-0.4, -0.2) is 18.0 Å². The van der Waals surface area contributed by atoms with E-state index < -0.39 is 5.41 Å². The molecule has 1 fully saturated rings. The predicted octanol–water partition coefficient (Wildman–Crippen LogP) is 4.29. The molecule has 0 spiro atoms. The standard InChI is InChI=1S/C20H19FN2O2/c1-12-3-6-18(25-2)17(9-12)23-19(24)20(7-8-20)15-11-22-16-5-4-13(21)10-14(15)16/h3-6,9-11,22H,7-8H2,1-2H3,(H,23,24). The molecule has 25 heavy (non-hydrogen) atoms. The average Bonchev–Trinajstić information content (AvgIpc) is 3.29. The molecule has 0 unspecified atom stereocenters. The fourth-order valence-corrected chi connectivity index (χ4v) is 3.39. The van der Waals surface area contributed by atoms with Gasteiger partial charge < -0.3 is 15.0 Å². The molecule has 2 aromatic carbocycles. The lowest BCUT2D eigenvalue weighted by molar-refractivity contribution is -0.118. The molecule has 0 atom stereocenters. The Morgan fingerprint density at radius 2 is 2.04 bits per heavy atom. The Bertz CT molecular complexity index is 973. The van der Waals surface area contributed by atoms with E-state index in [-0.39, 0.29) is 11.7 Å². The van der Waals surface area contributed by atoms with Gasteiger partial charge in [-0.1, -0.05) is 6.07 Å². The molecule has 0 aliphatic heterocycles. The maximum absolute atomic E-state index is 13.7. The number of carbonyl (C=O) groups excluding carboxylic acids is 1. The van der Waals surface area contributed by atoms with Crippen LogP contribution in [0.25, 0.3) is 10.9 Å². The largest absolute Gasteiger partial charge is 0.495 e. The van der Waals surface area contributed by atoms with Crippen LogP contribution in [0.1, 0.15) is 24.0 Å². The Labute approximate surface area is 145 Å². The Morgan fingerprint density at radius 3 is 2.76 bits per heavy atom. The molecule has 128 valence electrons. The van der Waals surface area contributed by atoms with Crippen LogP contribution in [0.5, 0.6) is 5.75 Å². The van der Waals surface area contributed by atoms with Crippen molar-refractivity contribution in [2.24, 2.45) is 0 Å². The summed E-state index contributed by atoms with van der Waals surface area (Å²) < 4.78 is 19.0. The molecule has 0 bridgehead atoms. The first-order chi connectivity index (χ1) is 12.0. The summed E-state index contributed by atoms with van der Waals surface area (Å²) in [6.45, 7) is 1.96. The van der Waals surface area contributed by atoms with Crippen molar-refractivity contribution >= 4 is 22.5 Å². The van der Waals surface area contributed by atoms with Crippen LogP contribution in [0.2, 0.25) is 0 Å². The third-order valence-electron chi connectivity index (χ3n) is 4.95. The summed E-state index contributed by atoms with van der Waals surface area (Å²) in [6.07, 6.45) is 3.32. The van der Waals surface area contributed by atoms with Crippen molar-refractivity contribution in [1.82, 2.24) is 4.98 Å². The number of anilines is 1. The number of aromatic amines is 1. The first-order valence-electron chi connectivity index (χ1n) is 8.27. The Hall–Kier alpha value is -2.82. The van der Waals surface area contributed by atoms with E-state index in [1.807, 2.05) is 31.3 Å². The number of carbonyl (C=O) groups is 1. The highest BCUT2D eigenvalue weighted by Gasteiger charge is 2.52. The number of amides is 1. The van der Waals surface area contributed by atoms with Gasteiger partial charge in [-0.2, -0.15) is 0 Å². The molecule has 0 saturated heterocycles. The van der Waals surface area contributed by atoms with Crippen LogP contribution < -0.4 is 10.1 Å². The minimum absolute atomic E-state index is 0.0819. The number of nitrogens with one attached hydrogen (secondary N) is 2. The zero-order chi connectivity index (χ0) is 17.6. The number of hydrogen-bond donors (Lipinski definition) is 2. The number of aromatic nitrogens is 1. The number of H-pyrrole nitrogens is 1. The van der Waals surface area contributed by atoms with Crippen LogP contribution in [0, 0.1) is 12.7 Å². The van der Waals surface area contributed by atoms with E-state index in [2.05, 4.69) is 10.3 Å². The van der Waals surface area contributed by atoms with Crippen LogP contribution in [0.4, 0.5) is 10.1 Å². The van der Waals surface area contributed by atoms with Gasteiger partial charge in [-0.05, 0) is 61.2 Å². The SMILES string of the molecule is COc1ccc(C)cc1NC(=O)C1(c2c[nH]c3ccc(F)cc23)CC1. The lowest BCUT2D eigenvalue weighted by atomic mass is 9.94. The van der Waals surface area contributed by atoms with Crippen molar-refractivity contribution in [2.45, 2.75) is 25.2 Å². The molecule has 4 rings (SSSR count). The van der Waals surface area contributed by atoms with Crippen molar-refractivity contribution in [3.8, 4) is 5.75 Å². The first-order valence-corrected chi connectivity index (χ1v) is 8.27. The summed E-state index contributed by atoms with van der Waals surface area (Å²) >= 11 is 0. The molecule has 3 aromatic rings. The van der Waals surface area contributed by atoms with Gasteiger partial charge in [0.25, 0.3) is 0 Å². The lowest BCUT2D eigenvalue weighted by Crippen LogP contribution is -2.27. The highest BCUT2D eigenvalue weighted by molar-refractivity contribution is 6.05. The second kappa shape index (κ2) is 5.62. The summed E-state index contributed by atoms with van der Waals surface area (Å²) in [5.41, 5.74) is 2.77.